The maximum absolute atomic E-state index is 12.2. The molecule has 98 valence electrons. The molecule has 1 amide bonds. The highest BCUT2D eigenvalue weighted by molar-refractivity contribution is 14.1. The quantitative estimate of drug-likeness (QED) is 0.718. The molecule has 0 saturated heterocycles. The summed E-state index contributed by atoms with van der Waals surface area (Å²) in [4.78, 5) is 12.2. The topological polar surface area (TPSA) is 49.3 Å². The molecule has 0 aliphatic heterocycles. The molecule has 2 N–H and O–H groups in total. The lowest BCUT2D eigenvalue weighted by atomic mass is 9.92. The van der Waals surface area contributed by atoms with Crippen LogP contribution in [0.4, 0.5) is 0 Å². The Morgan fingerprint density at radius 3 is 2.83 bits per heavy atom. The highest BCUT2D eigenvalue weighted by Gasteiger charge is 2.25. The lowest BCUT2D eigenvalue weighted by Crippen LogP contribution is -2.45. The van der Waals surface area contributed by atoms with Crippen molar-refractivity contribution < 1.29 is 9.90 Å². The van der Waals surface area contributed by atoms with Crippen LogP contribution in [0.2, 0.25) is 0 Å². The Labute approximate surface area is 129 Å². The molecule has 3 nitrogen and oxygen atoms in total. The van der Waals surface area contributed by atoms with Gasteiger partial charge in [-0.15, -0.1) is 0 Å². The summed E-state index contributed by atoms with van der Waals surface area (Å²) >= 11 is 5.52. The fourth-order valence-corrected chi connectivity index (χ4v) is 3.14. The van der Waals surface area contributed by atoms with Crippen molar-refractivity contribution in [2.75, 3.05) is 0 Å². The summed E-state index contributed by atoms with van der Waals surface area (Å²) in [5, 5.41) is 12.8. The van der Waals surface area contributed by atoms with Gasteiger partial charge in [-0.05, 0) is 53.6 Å². The molecule has 0 radical (unpaired) electrons. The van der Waals surface area contributed by atoms with Gasteiger partial charge in [0.25, 0.3) is 5.91 Å². The minimum atomic E-state index is -0.410. The molecular formula is C13H15BrINO2. The van der Waals surface area contributed by atoms with E-state index < -0.39 is 6.10 Å². The molecule has 1 fully saturated rings. The normalized spacial score (nSPS) is 23.7. The minimum absolute atomic E-state index is 0.105. The van der Waals surface area contributed by atoms with Crippen LogP contribution in [0.1, 0.15) is 36.0 Å². The average molecular weight is 424 g/mol. The molecule has 2 atom stereocenters. The number of carbonyl (C=O) groups is 1. The van der Waals surface area contributed by atoms with Crippen molar-refractivity contribution in [3.63, 3.8) is 0 Å². The second-order valence-electron chi connectivity index (χ2n) is 4.56. The predicted molar refractivity (Wildman–Crippen MR) is 82.6 cm³/mol. The Morgan fingerprint density at radius 1 is 1.39 bits per heavy atom. The van der Waals surface area contributed by atoms with Crippen molar-refractivity contribution in [2.24, 2.45) is 0 Å². The average Bonchev–Trinajstić information content (AvgIpc) is 2.35. The van der Waals surface area contributed by atoms with Crippen LogP contribution in [0.15, 0.2) is 22.7 Å². The van der Waals surface area contributed by atoms with Gasteiger partial charge in [-0.25, -0.2) is 0 Å². The maximum Gasteiger partial charge on any atom is 0.252 e. The van der Waals surface area contributed by atoms with Crippen LogP contribution in [0.5, 0.6) is 0 Å². The molecule has 0 heterocycles. The summed E-state index contributed by atoms with van der Waals surface area (Å²) in [7, 11) is 0. The molecule has 0 bridgehead atoms. The molecule has 18 heavy (non-hydrogen) atoms. The van der Waals surface area contributed by atoms with E-state index in [9.17, 15) is 9.90 Å². The Bertz CT molecular complexity index is 453. The van der Waals surface area contributed by atoms with Gasteiger partial charge in [0.05, 0.1) is 17.7 Å². The lowest BCUT2D eigenvalue weighted by Gasteiger charge is -2.28. The first-order valence-electron chi connectivity index (χ1n) is 6.02. The number of hydrogen-bond donors (Lipinski definition) is 2. The van der Waals surface area contributed by atoms with Gasteiger partial charge < -0.3 is 10.4 Å². The molecule has 5 heteroatoms. The summed E-state index contributed by atoms with van der Waals surface area (Å²) in [5.41, 5.74) is 0.655. The number of nitrogens with one attached hydrogen (secondary N) is 1. The fourth-order valence-electron chi connectivity index (χ4n) is 2.20. The van der Waals surface area contributed by atoms with Gasteiger partial charge in [0, 0.05) is 8.04 Å². The van der Waals surface area contributed by atoms with Crippen LogP contribution in [0.25, 0.3) is 0 Å². The van der Waals surface area contributed by atoms with Crippen LogP contribution in [-0.4, -0.2) is 23.2 Å². The van der Waals surface area contributed by atoms with Gasteiger partial charge in [0.1, 0.15) is 0 Å². The molecule has 2 rings (SSSR count). The van der Waals surface area contributed by atoms with Crippen molar-refractivity contribution in [1.82, 2.24) is 5.32 Å². The first-order valence-corrected chi connectivity index (χ1v) is 7.89. The first kappa shape index (κ1) is 14.3. The van der Waals surface area contributed by atoms with Crippen LogP contribution in [0, 0.1) is 3.57 Å². The van der Waals surface area contributed by atoms with Crippen LogP contribution >= 0.6 is 38.5 Å². The molecular weight excluding hydrogens is 409 g/mol. The highest BCUT2D eigenvalue weighted by atomic mass is 127. The van der Waals surface area contributed by atoms with E-state index in [2.05, 4.69) is 43.8 Å². The third-order valence-electron chi connectivity index (χ3n) is 3.22. The number of halogens is 2. The summed E-state index contributed by atoms with van der Waals surface area (Å²) in [6.07, 6.45) is 3.34. The highest BCUT2D eigenvalue weighted by Crippen LogP contribution is 2.21. The summed E-state index contributed by atoms with van der Waals surface area (Å²) in [6, 6.07) is 5.51. The van der Waals surface area contributed by atoms with Crippen LogP contribution in [0.3, 0.4) is 0 Å². The van der Waals surface area contributed by atoms with E-state index in [0.29, 0.717) is 5.56 Å². The lowest BCUT2D eigenvalue weighted by molar-refractivity contribution is 0.0716. The second kappa shape index (κ2) is 6.34. The largest absolute Gasteiger partial charge is 0.391 e. The number of aliphatic hydroxyl groups is 1. The van der Waals surface area contributed by atoms with Gasteiger partial charge in [0.15, 0.2) is 0 Å². The van der Waals surface area contributed by atoms with E-state index in [4.69, 9.17) is 0 Å². The third kappa shape index (κ3) is 3.45. The number of carbonyl (C=O) groups excluding carboxylic acids is 1. The van der Waals surface area contributed by atoms with Crippen molar-refractivity contribution >= 4 is 44.4 Å². The Kier molecular flexibility index (Phi) is 5.03. The Morgan fingerprint density at radius 2 is 2.11 bits per heavy atom. The van der Waals surface area contributed by atoms with E-state index in [1.54, 1.807) is 0 Å². The summed E-state index contributed by atoms with van der Waals surface area (Å²) in [6.45, 7) is 0. The van der Waals surface area contributed by atoms with E-state index in [0.717, 1.165) is 33.7 Å². The fraction of sp³-hybridized carbons (Fsp3) is 0.462. The number of amides is 1. The second-order valence-corrected chi connectivity index (χ2v) is 6.63. The Hall–Kier alpha value is -0.140. The van der Waals surface area contributed by atoms with E-state index >= 15 is 0 Å². The van der Waals surface area contributed by atoms with Crippen molar-refractivity contribution in [3.8, 4) is 0 Å². The minimum Gasteiger partial charge on any atom is -0.391 e. The predicted octanol–water partition coefficient (Wildman–Crippen LogP) is 3.09. The number of hydrogen-bond acceptors (Lipinski definition) is 2. The van der Waals surface area contributed by atoms with Crippen molar-refractivity contribution in [1.29, 1.82) is 0 Å². The molecule has 0 spiro atoms. The Balaban J connectivity index is 2.09. The SMILES string of the molecule is O=C(N[C@@H]1CCCC[C@H]1O)c1cc(Br)ccc1I. The van der Waals surface area contributed by atoms with Gasteiger partial charge >= 0.3 is 0 Å². The first-order chi connectivity index (χ1) is 8.58. The van der Waals surface area contributed by atoms with E-state index in [-0.39, 0.29) is 11.9 Å². The number of rotatable bonds is 2. The molecule has 1 saturated carbocycles. The standard InChI is InChI=1S/C13H15BrINO2/c14-8-5-6-10(15)9(7-8)13(18)16-11-3-1-2-4-12(11)17/h5-7,11-12,17H,1-4H2,(H,16,18)/t11-,12-/m1/s1. The maximum atomic E-state index is 12.2. The van der Waals surface area contributed by atoms with Gasteiger partial charge in [-0.2, -0.15) is 0 Å². The molecule has 0 unspecified atom stereocenters. The van der Waals surface area contributed by atoms with Crippen LogP contribution < -0.4 is 5.32 Å². The van der Waals surface area contributed by atoms with E-state index in [1.807, 2.05) is 18.2 Å². The molecule has 1 aromatic rings. The van der Waals surface area contributed by atoms with Crippen molar-refractivity contribution in [3.05, 3.63) is 31.8 Å². The van der Waals surface area contributed by atoms with E-state index in [1.165, 1.54) is 0 Å². The summed E-state index contributed by atoms with van der Waals surface area (Å²) in [5.74, 6) is -0.105. The van der Waals surface area contributed by atoms with Gasteiger partial charge in [-0.1, -0.05) is 28.8 Å². The third-order valence-corrected chi connectivity index (χ3v) is 4.65. The molecule has 1 aliphatic rings. The van der Waals surface area contributed by atoms with Crippen LogP contribution in [-0.2, 0) is 0 Å². The smallest absolute Gasteiger partial charge is 0.252 e. The van der Waals surface area contributed by atoms with Gasteiger partial charge in [-0.3, -0.25) is 4.79 Å². The number of benzene rings is 1. The molecule has 1 aliphatic carbocycles. The monoisotopic (exact) mass is 423 g/mol. The van der Waals surface area contributed by atoms with Gasteiger partial charge in [0.2, 0.25) is 0 Å². The zero-order valence-corrected chi connectivity index (χ0v) is 13.6. The number of aliphatic hydroxyl groups excluding tert-OH is 1. The zero-order chi connectivity index (χ0) is 13.1. The zero-order valence-electron chi connectivity index (χ0n) is 9.83. The molecule has 0 aromatic heterocycles. The summed E-state index contributed by atoms with van der Waals surface area (Å²) < 4.78 is 1.80. The van der Waals surface area contributed by atoms with Crippen molar-refractivity contribution in [2.45, 2.75) is 37.8 Å². The molecule has 1 aromatic carbocycles.